The lowest BCUT2D eigenvalue weighted by atomic mass is 9.91. The highest BCUT2D eigenvalue weighted by molar-refractivity contribution is 5.82. The Morgan fingerprint density at radius 1 is 1.35 bits per heavy atom. The summed E-state index contributed by atoms with van der Waals surface area (Å²) in [4.78, 5) is 36.0. The van der Waals surface area contributed by atoms with E-state index in [1.54, 1.807) is 26.0 Å². The number of carbonyl (C=O) groups is 2. The lowest BCUT2D eigenvalue weighted by Crippen LogP contribution is -2.34. The molecule has 1 aliphatic rings. The van der Waals surface area contributed by atoms with Gasteiger partial charge in [-0.15, -0.1) is 0 Å². The monoisotopic (exact) mass is 318 g/mol. The first-order valence-corrected chi connectivity index (χ1v) is 7.41. The van der Waals surface area contributed by atoms with Crippen molar-refractivity contribution in [3.8, 4) is 0 Å². The maximum absolute atomic E-state index is 12.1. The van der Waals surface area contributed by atoms with E-state index in [0.717, 1.165) is 0 Å². The second kappa shape index (κ2) is 7.04. The van der Waals surface area contributed by atoms with Gasteiger partial charge in [0.25, 0.3) is 5.69 Å². The number of benzene rings is 1. The number of rotatable bonds is 5. The van der Waals surface area contributed by atoms with E-state index in [2.05, 4.69) is 0 Å². The number of nitrogens with zero attached hydrogens (tertiary/aromatic N) is 2. The Labute approximate surface area is 133 Å². The zero-order chi connectivity index (χ0) is 17.0. The van der Waals surface area contributed by atoms with Gasteiger partial charge >= 0.3 is 6.09 Å². The van der Waals surface area contributed by atoms with Crippen LogP contribution in [0.4, 0.5) is 10.5 Å². The Morgan fingerprint density at radius 2 is 2.09 bits per heavy atom. The van der Waals surface area contributed by atoms with Crippen molar-refractivity contribution in [1.82, 2.24) is 4.90 Å². The van der Waals surface area contributed by atoms with Gasteiger partial charge in [-0.25, -0.2) is 4.79 Å². The average molecular weight is 318 g/mol. The van der Waals surface area contributed by atoms with Crippen LogP contribution in [0.2, 0.25) is 0 Å². The largest absolute Gasteiger partial charge is 0.449 e. The van der Waals surface area contributed by atoms with Gasteiger partial charge in [0.05, 0.1) is 23.1 Å². The van der Waals surface area contributed by atoms with E-state index in [4.69, 9.17) is 4.74 Å². The highest BCUT2D eigenvalue weighted by Crippen LogP contribution is 2.37. The molecule has 1 aliphatic heterocycles. The van der Waals surface area contributed by atoms with E-state index < -0.39 is 17.1 Å². The maximum atomic E-state index is 12.1. The van der Waals surface area contributed by atoms with Crippen LogP contribution in [0.5, 0.6) is 0 Å². The predicted octanol–water partition coefficient (Wildman–Crippen LogP) is 3.45. The van der Waals surface area contributed by atoms with Crippen LogP contribution in [-0.4, -0.2) is 28.3 Å². The van der Waals surface area contributed by atoms with Gasteiger partial charge in [0.2, 0.25) is 0 Å². The number of hydrogen-bond acceptors (Lipinski definition) is 5. The number of Topliss-reactive ketones (excluding diaryl/α,β-unsaturated/α-hetero) is 1. The van der Waals surface area contributed by atoms with Crippen molar-refractivity contribution in [2.45, 2.75) is 32.7 Å². The van der Waals surface area contributed by atoms with E-state index in [1.807, 2.05) is 0 Å². The highest BCUT2D eigenvalue weighted by atomic mass is 16.6. The first-order valence-electron chi connectivity index (χ1n) is 7.41. The third-order valence-electron chi connectivity index (χ3n) is 3.70. The quantitative estimate of drug-likeness (QED) is 0.612. The number of nitro benzene ring substituents is 1. The molecule has 1 heterocycles. The summed E-state index contributed by atoms with van der Waals surface area (Å²) in [5.41, 5.74) is 0.958. The van der Waals surface area contributed by atoms with Gasteiger partial charge in [0.1, 0.15) is 5.78 Å². The number of carbonyl (C=O) groups excluding carboxylic acids is 2. The SMILES string of the molecule is CCOC(=O)N1C=Cc2c(cccc2[N+](=O)[O-])C1CC(=O)CC. The smallest absolute Gasteiger partial charge is 0.414 e. The third kappa shape index (κ3) is 3.39. The molecule has 0 aliphatic carbocycles. The second-order valence-corrected chi connectivity index (χ2v) is 5.07. The van der Waals surface area contributed by atoms with Gasteiger partial charge in [0, 0.05) is 25.1 Å². The molecule has 0 bridgehead atoms. The number of ketones is 1. The molecule has 0 spiro atoms. The van der Waals surface area contributed by atoms with Crippen molar-refractivity contribution in [3.05, 3.63) is 45.6 Å². The molecule has 0 saturated carbocycles. The summed E-state index contributed by atoms with van der Waals surface area (Å²) < 4.78 is 5.01. The van der Waals surface area contributed by atoms with Crippen LogP contribution in [0.3, 0.4) is 0 Å². The van der Waals surface area contributed by atoms with Crippen LogP contribution in [-0.2, 0) is 9.53 Å². The van der Waals surface area contributed by atoms with Gasteiger partial charge in [-0.3, -0.25) is 19.8 Å². The molecule has 0 fully saturated rings. The molecule has 0 aromatic heterocycles. The predicted molar refractivity (Wildman–Crippen MR) is 83.6 cm³/mol. The Morgan fingerprint density at radius 3 is 2.70 bits per heavy atom. The molecule has 2 rings (SSSR count). The Hall–Kier alpha value is -2.70. The number of ether oxygens (including phenoxy) is 1. The molecule has 1 aromatic rings. The van der Waals surface area contributed by atoms with Crippen LogP contribution in [0.15, 0.2) is 24.4 Å². The Kier molecular flexibility index (Phi) is 5.10. The fraction of sp³-hybridized carbons (Fsp3) is 0.375. The van der Waals surface area contributed by atoms with Crippen molar-refractivity contribution in [2.24, 2.45) is 0 Å². The lowest BCUT2D eigenvalue weighted by molar-refractivity contribution is -0.385. The summed E-state index contributed by atoms with van der Waals surface area (Å²) in [6.07, 6.45) is 2.81. The molecule has 122 valence electrons. The standard InChI is InChI=1S/C16H18N2O5/c1-3-11(19)10-15-12-6-5-7-14(18(21)22)13(12)8-9-17(15)16(20)23-4-2/h5-9,15H,3-4,10H2,1-2H3. The van der Waals surface area contributed by atoms with E-state index in [1.165, 1.54) is 23.2 Å². The second-order valence-electron chi connectivity index (χ2n) is 5.07. The van der Waals surface area contributed by atoms with E-state index >= 15 is 0 Å². The van der Waals surface area contributed by atoms with Crippen LogP contribution >= 0.6 is 0 Å². The molecule has 0 radical (unpaired) electrons. The summed E-state index contributed by atoms with van der Waals surface area (Å²) in [6.45, 7) is 3.64. The molecule has 1 atom stereocenters. The van der Waals surface area contributed by atoms with Gasteiger partial charge in [-0.05, 0) is 18.6 Å². The van der Waals surface area contributed by atoms with Crippen molar-refractivity contribution in [3.63, 3.8) is 0 Å². The van der Waals surface area contributed by atoms with Gasteiger partial charge in [-0.2, -0.15) is 0 Å². The van der Waals surface area contributed by atoms with Gasteiger partial charge in [0.15, 0.2) is 0 Å². The fourth-order valence-electron chi connectivity index (χ4n) is 2.56. The number of amides is 1. The van der Waals surface area contributed by atoms with Crippen molar-refractivity contribution in [1.29, 1.82) is 0 Å². The van der Waals surface area contributed by atoms with Gasteiger partial charge < -0.3 is 4.74 Å². The van der Waals surface area contributed by atoms with E-state index in [-0.39, 0.29) is 24.5 Å². The van der Waals surface area contributed by atoms with Gasteiger partial charge in [-0.1, -0.05) is 19.1 Å². The maximum Gasteiger partial charge on any atom is 0.414 e. The topological polar surface area (TPSA) is 89.8 Å². The molecule has 7 nitrogen and oxygen atoms in total. The number of fused-ring (bicyclic) bond motifs is 1. The van der Waals surface area contributed by atoms with Crippen LogP contribution < -0.4 is 0 Å². The average Bonchev–Trinajstić information content (AvgIpc) is 2.54. The number of nitro groups is 1. The zero-order valence-electron chi connectivity index (χ0n) is 13.0. The molecular weight excluding hydrogens is 300 g/mol. The minimum absolute atomic E-state index is 0.0305. The third-order valence-corrected chi connectivity index (χ3v) is 3.70. The molecular formula is C16H18N2O5. The molecule has 0 saturated heterocycles. The molecule has 1 unspecified atom stereocenters. The summed E-state index contributed by atoms with van der Waals surface area (Å²) in [7, 11) is 0. The van der Waals surface area contributed by atoms with Crippen molar-refractivity contribution >= 4 is 23.6 Å². The first-order chi connectivity index (χ1) is 11.0. The normalized spacial score (nSPS) is 15.9. The first kappa shape index (κ1) is 16.7. The van der Waals surface area contributed by atoms with E-state index in [0.29, 0.717) is 17.5 Å². The highest BCUT2D eigenvalue weighted by Gasteiger charge is 2.33. The van der Waals surface area contributed by atoms with E-state index in [9.17, 15) is 19.7 Å². The lowest BCUT2D eigenvalue weighted by Gasteiger charge is -2.31. The van der Waals surface area contributed by atoms with Crippen LogP contribution in [0.25, 0.3) is 6.08 Å². The summed E-state index contributed by atoms with van der Waals surface area (Å²) in [5.74, 6) is -0.0305. The van der Waals surface area contributed by atoms with Crippen molar-refractivity contribution in [2.75, 3.05) is 6.61 Å². The summed E-state index contributed by atoms with van der Waals surface area (Å²) >= 11 is 0. The Bertz CT molecular complexity index is 668. The zero-order valence-corrected chi connectivity index (χ0v) is 13.0. The molecule has 7 heteroatoms. The van der Waals surface area contributed by atoms with Crippen LogP contribution in [0.1, 0.15) is 43.9 Å². The Balaban J connectivity index is 2.49. The summed E-state index contributed by atoms with van der Waals surface area (Å²) in [5, 5.41) is 11.2. The fourth-order valence-corrected chi connectivity index (χ4v) is 2.56. The molecule has 0 N–H and O–H groups in total. The number of hydrogen-bond donors (Lipinski definition) is 0. The molecule has 1 amide bonds. The molecule has 23 heavy (non-hydrogen) atoms. The van der Waals surface area contributed by atoms with Crippen molar-refractivity contribution < 1.29 is 19.2 Å². The minimum Gasteiger partial charge on any atom is -0.449 e. The minimum atomic E-state index is -0.596. The van der Waals surface area contributed by atoms with Crippen LogP contribution in [0, 0.1) is 10.1 Å². The molecule has 1 aromatic carbocycles. The summed E-state index contributed by atoms with van der Waals surface area (Å²) in [6, 6.07) is 4.07.